The summed E-state index contributed by atoms with van der Waals surface area (Å²) in [6.45, 7) is 6.29. The summed E-state index contributed by atoms with van der Waals surface area (Å²) in [5.74, 6) is -0.319. The summed E-state index contributed by atoms with van der Waals surface area (Å²) in [4.78, 5) is 31.7. The third-order valence-electron chi connectivity index (χ3n) is 5.89. The summed E-state index contributed by atoms with van der Waals surface area (Å²) < 4.78 is 0. The Balaban J connectivity index is 1.40. The standard InChI is InChI=1S/C20H30N4O3/c1-3-23(13-19(25)26)18-10-17(11-18)22-20(27)24-8-6-15(7-9-24)16-5-4-14(2)21-12-16/h4-5,12,15,17-18H,3,6-11,13H2,1-2H3,(H,22,27)(H,25,26). The van der Waals surface area contributed by atoms with E-state index < -0.39 is 5.97 Å². The number of pyridine rings is 1. The molecule has 0 aromatic carbocycles. The second-order valence-electron chi connectivity index (χ2n) is 7.72. The number of hydrogen-bond acceptors (Lipinski definition) is 4. The molecule has 1 aliphatic carbocycles. The molecule has 1 saturated heterocycles. The number of carbonyl (C=O) groups excluding carboxylic acids is 1. The maximum Gasteiger partial charge on any atom is 0.317 e. The van der Waals surface area contributed by atoms with Crippen molar-refractivity contribution in [3.63, 3.8) is 0 Å². The molecule has 1 aromatic heterocycles. The lowest BCUT2D eigenvalue weighted by molar-refractivity contribution is -0.139. The molecule has 0 atom stereocenters. The molecule has 2 N–H and O–H groups in total. The van der Waals surface area contributed by atoms with Crippen molar-refractivity contribution in [2.24, 2.45) is 0 Å². The van der Waals surface area contributed by atoms with E-state index in [0.717, 1.165) is 51.0 Å². The number of aromatic nitrogens is 1. The van der Waals surface area contributed by atoms with E-state index in [2.05, 4.69) is 16.4 Å². The Hall–Kier alpha value is -2.15. The second kappa shape index (κ2) is 8.69. The number of carboxylic acid groups (broad SMARTS) is 1. The number of hydrogen-bond donors (Lipinski definition) is 2. The van der Waals surface area contributed by atoms with Crippen molar-refractivity contribution < 1.29 is 14.7 Å². The minimum atomic E-state index is -0.795. The lowest BCUT2D eigenvalue weighted by Crippen LogP contribution is -2.57. The largest absolute Gasteiger partial charge is 0.480 e. The van der Waals surface area contributed by atoms with Crippen LogP contribution in [0.1, 0.15) is 49.8 Å². The van der Waals surface area contributed by atoms with Crippen molar-refractivity contribution in [2.45, 2.75) is 57.5 Å². The zero-order valence-corrected chi connectivity index (χ0v) is 16.2. The molecule has 0 radical (unpaired) electrons. The number of amides is 2. The molecule has 1 aliphatic heterocycles. The van der Waals surface area contributed by atoms with Crippen LogP contribution in [0.15, 0.2) is 18.3 Å². The summed E-state index contributed by atoms with van der Waals surface area (Å²) >= 11 is 0. The van der Waals surface area contributed by atoms with Gasteiger partial charge in [0.05, 0.1) is 6.54 Å². The fourth-order valence-corrected chi connectivity index (χ4v) is 4.08. The first-order chi connectivity index (χ1) is 13.0. The molecule has 0 spiro atoms. The van der Waals surface area contributed by atoms with Crippen LogP contribution in [0.4, 0.5) is 4.79 Å². The van der Waals surface area contributed by atoms with Gasteiger partial charge in [0.1, 0.15) is 0 Å². The zero-order chi connectivity index (χ0) is 19.4. The number of nitrogens with zero attached hydrogens (tertiary/aromatic N) is 3. The van der Waals surface area contributed by atoms with Crippen LogP contribution in [0.3, 0.4) is 0 Å². The number of piperidine rings is 1. The molecule has 2 fully saturated rings. The van der Waals surface area contributed by atoms with E-state index in [1.54, 1.807) is 0 Å². The van der Waals surface area contributed by atoms with Gasteiger partial charge in [-0.1, -0.05) is 13.0 Å². The number of aryl methyl sites for hydroxylation is 1. The molecular weight excluding hydrogens is 344 g/mol. The Kier molecular flexibility index (Phi) is 6.31. The fraction of sp³-hybridized carbons (Fsp3) is 0.650. The molecule has 27 heavy (non-hydrogen) atoms. The monoisotopic (exact) mass is 374 g/mol. The van der Waals surface area contributed by atoms with E-state index in [4.69, 9.17) is 5.11 Å². The van der Waals surface area contributed by atoms with Gasteiger partial charge >= 0.3 is 12.0 Å². The highest BCUT2D eigenvalue weighted by Crippen LogP contribution is 2.29. The van der Waals surface area contributed by atoms with Crippen molar-refractivity contribution in [3.05, 3.63) is 29.6 Å². The predicted octanol–water partition coefficient (Wildman–Crippen LogP) is 2.22. The van der Waals surface area contributed by atoms with Crippen molar-refractivity contribution in [1.29, 1.82) is 0 Å². The van der Waals surface area contributed by atoms with Gasteiger partial charge in [-0.05, 0) is 56.7 Å². The molecule has 2 amide bonds. The molecule has 7 heteroatoms. The van der Waals surface area contributed by atoms with Crippen LogP contribution in [0.25, 0.3) is 0 Å². The van der Waals surface area contributed by atoms with Crippen LogP contribution in [0, 0.1) is 6.92 Å². The van der Waals surface area contributed by atoms with Crippen LogP contribution in [0.5, 0.6) is 0 Å². The minimum absolute atomic E-state index is 0.0141. The van der Waals surface area contributed by atoms with Crippen LogP contribution in [-0.2, 0) is 4.79 Å². The van der Waals surface area contributed by atoms with E-state index in [1.807, 2.05) is 35.9 Å². The summed E-state index contributed by atoms with van der Waals surface area (Å²) in [5, 5.41) is 12.1. The van der Waals surface area contributed by atoms with Crippen LogP contribution in [-0.4, -0.2) is 70.2 Å². The van der Waals surface area contributed by atoms with Crippen molar-refractivity contribution in [1.82, 2.24) is 20.1 Å². The molecule has 148 valence electrons. The first-order valence-corrected chi connectivity index (χ1v) is 9.90. The Labute approximate surface area is 160 Å². The van der Waals surface area contributed by atoms with Crippen molar-refractivity contribution in [3.8, 4) is 0 Å². The van der Waals surface area contributed by atoms with E-state index in [0.29, 0.717) is 5.92 Å². The smallest absolute Gasteiger partial charge is 0.317 e. The number of carbonyl (C=O) groups is 2. The van der Waals surface area contributed by atoms with E-state index in [9.17, 15) is 9.59 Å². The van der Waals surface area contributed by atoms with Crippen LogP contribution >= 0.6 is 0 Å². The molecule has 3 rings (SSSR count). The zero-order valence-electron chi connectivity index (χ0n) is 16.2. The maximum atomic E-state index is 12.5. The van der Waals surface area contributed by atoms with Gasteiger partial charge in [-0.15, -0.1) is 0 Å². The molecule has 1 saturated carbocycles. The Morgan fingerprint density at radius 2 is 2.00 bits per heavy atom. The third kappa shape index (κ3) is 4.97. The highest BCUT2D eigenvalue weighted by atomic mass is 16.4. The number of carboxylic acids is 1. The predicted molar refractivity (Wildman–Crippen MR) is 103 cm³/mol. The lowest BCUT2D eigenvalue weighted by atomic mass is 9.85. The average Bonchev–Trinajstić information content (AvgIpc) is 2.63. The number of likely N-dealkylation sites (tertiary alicyclic amines) is 1. The van der Waals surface area contributed by atoms with Gasteiger partial charge in [0.15, 0.2) is 0 Å². The Morgan fingerprint density at radius 1 is 1.30 bits per heavy atom. The normalized spacial score (nSPS) is 23.1. The highest BCUT2D eigenvalue weighted by Gasteiger charge is 2.35. The van der Waals surface area contributed by atoms with Gasteiger partial charge < -0.3 is 15.3 Å². The molecular formula is C20H30N4O3. The number of nitrogens with one attached hydrogen (secondary N) is 1. The summed E-state index contributed by atoms with van der Waals surface area (Å²) in [7, 11) is 0. The third-order valence-corrected chi connectivity index (χ3v) is 5.89. The van der Waals surface area contributed by atoms with Gasteiger partial charge in [-0.3, -0.25) is 14.7 Å². The lowest BCUT2D eigenvalue weighted by Gasteiger charge is -2.43. The Morgan fingerprint density at radius 3 is 2.56 bits per heavy atom. The molecule has 1 aromatic rings. The first kappa shape index (κ1) is 19.6. The highest BCUT2D eigenvalue weighted by molar-refractivity contribution is 5.74. The Bertz CT molecular complexity index is 650. The minimum Gasteiger partial charge on any atom is -0.480 e. The van der Waals surface area contributed by atoms with Gasteiger partial charge in [-0.2, -0.15) is 0 Å². The number of aliphatic carboxylic acids is 1. The van der Waals surface area contributed by atoms with Crippen LogP contribution < -0.4 is 5.32 Å². The van der Waals surface area contributed by atoms with Gasteiger partial charge in [-0.25, -0.2) is 4.79 Å². The van der Waals surface area contributed by atoms with Crippen LogP contribution in [0.2, 0.25) is 0 Å². The quantitative estimate of drug-likeness (QED) is 0.797. The number of rotatable bonds is 6. The van der Waals surface area contributed by atoms with Gasteiger partial charge in [0.25, 0.3) is 0 Å². The van der Waals surface area contributed by atoms with Crippen molar-refractivity contribution >= 4 is 12.0 Å². The summed E-state index contributed by atoms with van der Waals surface area (Å²) in [5.41, 5.74) is 2.29. The number of urea groups is 1. The number of likely N-dealkylation sites (N-methyl/N-ethyl adjacent to an activating group) is 1. The maximum absolute atomic E-state index is 12.5. The average molecular weight is 374 g/mol. The van der Waals surface area contributed by atoms with E-state index >= 15 is 0 Å². The topological polar surface area (TPSA) is 85.8 Å². The fourth-order valence-electron chi connectivity index (χ4n) is 4.08. The molecule has 2 heterocycles. The van der Waals surface area contributed by atoms with Gasteiger partial charge in [0.2, 0.25) is 0 Å². The SMILES string of the molecule is CCN(CC(=O)O)C1CC(NC(=O)N2CCC(c3ccc(C)nc3)CC2)C1. The van der Waals surface area contributed by atoms with Crippen molar-refractivity contribution in [2.75, 3.05) is 26.2 Å². The molecule has 7 nitrogen and oxygen atoms in total. The molecule has 0 bridgehead atoms. The second-order valence-corrected chi connectivity index (χ2v) is 7.72. The van der Waals surface area contributed by atoms with Gasteiger partial charge in [0, 0.05) is 37.1 Å². The summed E-state index contributed by atoms with van der Waals surface area (Å²) in [6.07, 6.45) is 5.55. The molecule has 0 unspecified atom stereocenters. The first-order valence-electron chi connectivity index (χ1n) is 9.90. The van der Waals surface area contributed by atoms with E-state index in [1.165, 1.54) is 5.56 Å². The van der Waals surface area contributed by atoms with E-state index in [-0.39, 0.29) is 24.7 Å². The summed E-state index contributed by atoms with van der Waals surface area (Å²) in [6, 6.07) is 4.62. The molecule has 2 aliphatic rings.